The summed E-state index contributed by atoms with van der Waals surface area (Å²) in [7, 11) is 1.45. The fourth-order valence-corrected chi connectivity index (χ4v) is 1.96. The molecule has 0 saturated carbocycles. The third-order valence-corrected chi connectivity index (χ3v) is 2.57. The highest BCUT2D eigenvalue weighted by atomic mass is 19.4. The molecule has 0 saturated heterocycles. The normalized spacial score (nSPS) is 12.6. The van der Waals surface area contributed by atoms with E-state index < -0.39 is 12.7 Å². The molecule has 0 spiro atoms. The van der Waals surface area contributed by atoms with Gasteiger partial charge in [-0.1, -0.05) is 6.07 Å². The van der Waals surface area contributed by atoms with Gasteiger partial charge in [-0.05, 0) is 31.7 Å². The Labute approximate surface area is 103 Å². The van der Waals surface area contributed by atoms with E-state index in [4.69, 9.17) is 0 Å². The lowest BCUT2D eigenvalue weighted by Gasteiger charge is -2.18. The Morgan fingerprint density at radius 1 is 1.33 bits per heavy atom. The molecule has 2 aromatic rings. The van der Waals surface area contributed by atoms with Crippen LogP contribution in [-0.4, -0.2) is 34.6 Å². The molecule has 6 heteroatoms. The summed E-state index contributed by atoms with van der Waals surface area (Å²) in [5.41, 5.74) is 2.51. The molecule has 0 fully saturated rings. The van der Waals surface area contributed by atoms with Gasteiger partial charge in [-0.25, -0.2) is 4.98 Å². The van der Waals surface area contributed by atoms with Gasteiger partial charge < -0.3 is 4.98 Å². The molecule has 1 aromatic carbocycles. The van der Waals surface area contributed by atoms with Crippen molar-refractivity contribution in [2.75, 3.05) is 13.6 Å². The molecule has 98 valence electrons. The lowest BCUT2D eigenvalue weighted by atomic mass is 10.2. The van der Waals surface area contributed by atoms with Gasteiger partial charge in [0.25, 0.3) is 0 Å². The first-order valence-electron chi connectivity index (χ1n) is 5.54. The van der Waals surface area contributed by atoms with Crippen LogP contribution in [0.4, 0.5) is 13.2 Å². The van der Waals surface area contributed by atoms with Crippen LogP contribution in [0.2, 0.25) is 0 Å². The zero-order valence-corrected chi connectivity index (χ0v) is 10.2. The maximum Gasteiger partial charge on any atom is 0.401 e. The summed E-state index contributed by atoms with van der Waals surface area (Å²) in [5, 5.41) is 0. The van der Waals surface area contributed by atoms with Gasteiger partial charge in [0, 0.05) is 6.54 Å². The number of aromatic amines is 1. The largest absolute Gasteiger partial charge is 0.401 e. The van der Waals surface area contributed by atoms with E-state index in [-0.39, 0.29) is 6.54 Å². The summed E-state index contributed by atoms with van der Waals surface area (Å²) in [6.07, 6.45) is -4.16. The molecule has 1 heterocycles. The first kappa shape index (κ1) is 12.9. The van der Waals surface area contributed by atoms with E-state index in [1.807, 2.05) is 19.1 Å². The maximum absolute atomic E-state index is 12.2. The van der Waals surface area contributed by atoms with Crippen LogP contribution in [0.15, 0.2) is 18.2 Å². The van der Waals surface area contributed by atoms with Crippen molar-refractivity contribution in [3.63, 3.8) is 0 Å². The molecule has 0 unspecified atom stereocenters. The molecule has 0 aliphatic heterocycles. The lowest BCUT2D eigenvalue weighted by Crippen LogP contribution is -2.30. The summed E-state index contributed by atoms with van der Waals surface area (Å²) in [6.45, 7) is 1.19. The molecule has 0 atom stereocenters. The standard InChI is InChI=1S/C12H14F3N3/c1-8-16-10-4-3-9(5-11(10)17-8)6-18(2)7-12(13,14)15/h3-5H,6-7H2,1-2H3,(H,16,17). The van der Waals surface area contributed by atoms with Crippen LogP contribution in [0, 0.1) is 6.92 Å². The number of alkyl halides is 3. The number of rotatable bonds is 3. The van der Waals surface area contributed by atoms with Crippen molar-refractivity contribution in [2.45, 2.75) is 19.6 Å². The van der Waals surface area contributed by atoms with Gasteiger partial charge in [-0.3, -0.25) is 4.90 Å². The van der Waals surface area contributed by atoms with Crippen molar-refractivity contribution in [1.29, 1.82) is 0 Å². The van der Waals surface area contributed by atoms with E-state index in [0.717, 1.165) is 22.4 Å². The predicted molar refractivity (Wildman–Crippen MR) is 63.2 cm³/mol. The van der Waals surface area contributed by atoms with E-state index in [9.17, 15) is 13.2 Å². The number of benzene rings is 1. The first-order chi connectivity index (χ1) is 8.33. The second-order valence-corrected chi connectivity index (χ2v) is 4.46. The summed E-state index contributed by atoms with van der Waals surface area (Å²) in [4.78, 5) is 8.55. The number of aryl methyl sites for hydroxylation is 1. The van der Waals surface area contributed by atoms with E-state index >= 15 is 0 Å². The molecule has 3 nitrogen and oxygen atoms in total. The number of aromatic nitrogens is 2. The third kappa shape index (κ3) is 3.22. The molecule has 2 rings (SSSR count). The minimum Gasteiger partial charge on any atom is -0.342 e. The maximum atomic E-state index is 12.2. The number of nitrogens with zero attached hydrogens (tertiary/aromatic N) is 2. The molecule has 1 N–H and O–H groups in total. The smallest absolute Gasteiger partial charge is 0.342 e. The monoisotopic (exact) mass is 257 g/mol. The number of imidazole rings is 1. The highest BCUT2D eigenvalue weighted by Gasteiger charge is 2.29. The highest BCUT2D eigenvalue weighted by molar-refractivity contribution is 5.75. The van der Waals surface area contributed by atoms with Gasteiger partial charge in [0.15, 0.2) is 0 Å². The van der Waals surface area contributed by atoms with Gasteiger partial charge in [0.1, 0.15) is 5.82 Å². The molecule has 0 amide bonds. The summed E-state index contributed by atoms with van der Waals surface area (Å²) >= 11 is 0. The van der Waals surface area contributed by atoms with E-state index in [2.05, 4.69) is 9.97 Å². The molecule has 0 radical (unpaired) electrons. The number of hydrogen-bond donors (Lipinski definition) is 1. The van der Waals surface area contributed by atoms with Crippen molar-refractivity contribution in [1.82, 2.24) is 14.9 Å². The average Bonchev–Trinajstić information content (AvgIpc) is 2.53. The second kappa shape index (κ2) is 4.61. The summed E-state index contributed by atoms with van der Waals surface area (Å²) < 4.78 is 36.6. The Morgan fingerprint density at radius 2 is 2.06 bits per heavy atom. The van der Waals surface area contributed by atoms with Crippen LogP contribution in [0.5, 0.6) is 0 Å². The van der Waals surface area contributed by atoms with Crippen molar-refractivity contribution >= 4 is 11.0 Å². The number of H-pyrrole nitrogens is 1. The quantitative estimate of drug-likeness (QED) is 0.916. The van der Waals surface area contributed by atoms with Crippen molar-refractivity contribution in [3.05, 3.63) is 29.6 Å². The Kier molecular flexibility index (Phi) is 3.30. The van der Waals surface area contributed by atoms with Crippen LogP contribution in [-0.2, 0) is 6.54 Å². The molecule has 0 bridgehead atoms. The Morgan fingerprint density at radius 3 is 2.72 bits per heavy atom. The lowest BCUT2D eigenvalue weighted by molar-refractivity contribution is -0.144. The molecular weight excluding hydrogens is 243 g/mol. The van der Waals surface area contributed by atoms with Crippen LogP contribution >= 0.6 is 0 Å². The molecule has 1 aromatic heterocycles. The minimum absolute atomic E-state index is 0.257. The van der Waals surface area contributed by atoms with E-state index in [0.29, 0.717) is 0 Å². The minimum atomic E-state index is -4.16. The fraction of sp³-hybridized carbons (Fsp3) is 0.417. The predicted octanol–water partition coefficient (Wildman–Crippen LogP) is 2.87. The van der Waals surface area contributed by atoms with Crippen molar-refractivity contribution in [3.8, 4) is 0 Å². The highest BCUT2D eigenvalue weighted by Crippen LogP contribution is 2.18. The second-order valence-electron chi connectivity index (χ2n) is 4.46. The Hall–Kier alpha value is -1.56. The van der Waals surface area contributed by atoms with E-state index in [1.54, 1.807) is 6.07 Å². The third-order valence-electron chi connectivity index (χ3n) is 2.57. The number of fused-ring (bicyclic) bond motifs is 1. The van der Waals surface area contributed by atoms with E-state index in [1.165, 1.54) is 11.9 Å². The van der Waals surface area contributed by atoms with Crippen LogP contribution in [0.3, 0.4) is 0 Å². The summed E-state index contributed by atoms with van der Waals surface area (Å²) in [5.74, 6) is 0.797. The molecule has 0 aliphatic rings. The van der Waals surface area contributed by atoms with Gasteiger partial charge in [-0.2, -0.15) is 13.2 Å². The fourth-order valence-electron chi connectivity index (χ4n) is 1.96. The van der Waals surface area contributed by atoms with Gasteiger partial charge >= 0.3 is 6.18 Å². The van der Waals surface area contributed by atoms with Gasteiger partial charge in [0.2, 0.25) is 0 Å². The Balaban J connectivity index is 2.11. The SMILES string of the molecule is Cc1nc2ccc(CN(C)CC(F)(F)F)cc2[nH]1. The van der Waals surface area contributed by atoms with Crippen molar-refractivity contribution < 1.29 is 13.2 Å². The van der Waals surface area contributed by atoms with Crippen LogP contribution in [0.25, 0.3) is 11.0 Å². The number of nitrogens with one attached hydrogen (secondary N) is 1. The topological polar surface area (TPSA) is 31.9 Å². The first-order valence-corrected chi connectivity index (χ1v) is 5.54. The molecular formula is C12H14F3N3. The zero-order chi connectivity index (χ0) is 13.3. The van der Waals surface area contributed by atoms with Crippen molar-refractivity contribution in [2.24, 2.45) is 0 Å². The Bertz CT molecular complexity index is 545. The number of halogens is 3. The van der Waals surface area contributed by atoms with Crippen LogP contribution < -0.4 is 0 Å². The van der Waals surface area contributed by atoms with Crippen LogP contribution in [0.1, 0.15) is 11.4 Å². The van der Waals surface area contributed by atoms with Gasteiger partial charge in [-0.15, -0.1) is 0 Å². The van der Waals surface area contributed by atoms with Gasteiger partial charge in [0.05, 0.1) is 17.6 Å². The zero-order valence-electron chi connectivity index (χ0n) is 10.2. The molecule has 0 aliphatic carbocycles. The average molecular weight is 257 g/mol. The summed E-state index contributed by atoms with van der Waals surface area (Å²) in [6, 6.07) is 5.45. The number of hydrogen-bond acceptors (Lipinski definition) is 2. The molecule has 18 heavy (non-hydrogen) atoms.